The highest BCUT2D eigenvalue weighted by Gasteiger charge is 2.15. The molecule has 182 valence electrons. The fourth-order valence-electron chi connectivity index (χ4n) is 5.98. The SMILES string of the molecule is C/C=c1\c(=C/C)n(-c2cccc(-c3ccccc3)c2)c2ccc(-n3c4ccccc4c4ccccc43)cc12. The molecule has 2 nitrogen and oxygen atoms in total. The van der Waals surface area contributed by atoms with Crippen LogP contribution in [0, 0.1) is 0 Å². The molecule has 0 saturated carbocycles. The van der Waals surface area contributed by atoms with E-state index in [1.165, 1.54) is 65.8 Å². The molecule has 0 radical (unpaired) electrons. The molecule has 5 aromatic carbocycles. The molecule has 0 fully saturated rings. The summed E-state index contributed by atoms with van der Waals surface area (Å²) in [5, 5.41) is 6.29. The fraction of sp³-hybridized carbons (Fsp3) is 0.0556. The molecule has 2 heterocycles. The molecule has 0 saturated heterocycles. The average molecular weight is 489 g/mol. The molecular formula is C36H28N2. The van der Waals surface area contributed by atoms with Gasteiger partial charge in [0.2, 0.25) is 0 Å². The first kappa shape index (κ1) is 22.4. The first-order valence-electron chi connectivity index (χ1n) is 13.2. The summed E-state index contributed by atoms with van der Waals surface area (Å²) in [7, 11) is 0. The third-order valence-electron chi connectivity index (χ3n) is 7.64. The normalized spacial score (nSPS) is 12.8. The Labute approximate surface area is 222 Å². The van der Waals surface area contributed by atoms with E-state index in [0.717, 1.165) is 0 Å². The van der Waals surface area contributed by atoms with Gasteiger partial charge >= 0.3 is 0 Å². The first-order valence-corrected chi connectivity index (χ1v) is 13.2. The van der Waals surface area contributed by atoms with Gasteiger partial charge in [-0.25, -0.2) is 0 Å². The lowest BCUT2D eigenvalue weighted by Gasteiger charge is -2.11. The van der Waals surface area contributed by atoms with Crippen molar-refractivity contribution in [2.45, 2.75) is 13.8 Å². The van der Waals surface area contributed by atoms with Gasteiger partial charge in [-0.3, -0.25) is 0 Å². The van der Waals surface area contributed by atoms with E-state index in [9.17, 15) is 0 Å². The predicted molar refractivity (Wildman–Crippen MR) is 163 cm³/mol. The van der Waals surface area contributed by atoms with E-state index in [2.05, 4.69) is 156 Å². The lowest BCUT2D eigenvalue weighted by Crippen LogP contribution is -2.27. The number of para-hydroxylation sites is 2. The van der Waals surface area contributed by atoms with Crippen molar-refractivity contribution in [1.29, 1.82) is 0 Å². The predicted octanol–water partition coefficient (Wildman–Crippen LogP) is 8.00. The Kier molecular flexibility index (Phi) is 5.26. The maximum atomic E-state index is 2.40. The zero-order valence-electron chi connectivity index (χ0n) is 21.6. The molecule has 7 aromatic rings. The molecular weight excluding hydrogens is 460 g/mol. The van der Waals surface area contributed by atoms with Crippen molar-refractivity contribution in [2.24, 2.45) is 0 Å². The molecule has 2 aromatic heterocycles. The number of benzene rings is 5. The van der Waals surface area contributed by atoms with E-state index in [0.29, 0.717) is 0 Å². The summed E-state index contributed by atoms with van der Waals surface area (Å²) in [6.45, 7) is 4.27. The van der Waals surface area contributed by atoms with Gasteiger partial charge in [0.15, 0.2) is 0 Å². The smallest absolute Gasteiger partial charge is 0.0542 e. The summed E-state index contributed by atoms with van der Waals surface area (Å²) in [6.07, 6.45) is 4.47. The van der Waals surface area contributed by atoms with Crippen molar-refractivity contribution in [1.82, 2.24) is 9.13 Å². The molecule has 0 amide bonds. The summed E-state index contributed by atoms with van der Waals surface area (Å²) in [5.74, 6) is 0. The van der Waals surface area contributed by atoms with Crippen LogP contribution in [0.1, 0.15) is 13.8 Å². The van der Waals surface area contributed by atoms with Crippen LogP contribution in [0.5, 0.6) is 0 Å². The van der Waals surface area contributed by atoms with Gasteiger partial charge in [0.25, 0.3) is 0 Å². The van der Waals surface area contributed by atoms with Crippen LogP contribution in [0.15, 0.2) is 121 Å². The molecule has 0 spiro atoms. The van der Waals surface area contributed by atoms with E-state index in [1.54, 1.807) is 0 Å². The molecule has 0 aliphatic rings. The molecule has 2 heteroatoms. The minimum Gasteiger partial charge on any atom is -0.310 e. The highest BCUT2D eigenvalue weighted by atomic mass is 15.0. The van der Waals surface area contributed by atoms with Gasteiger partial charge in [-0.05, 0) is 67.4 Å². The van der Waals surface area contributed by atoms with Crippen LogP contribution in [0.2, 0.25) is 0 Å². The van der Waals surface area contributed by atoms with Crippen molar-refractivity contribution in [2.75, 3.05) is 0 Å². The molecule has 0 aliphatic heterocycles. The van der Waals surface area contributed by atoms with Gasteiger partial charge in [0.05, 0.1) is 16.6 Å². The number of aromatic nitrogens is 2. The third kappa shape index (κ3) is 3.34. The molecule has 0 aliphatic carbocycles. The van der Waals surface area contributed by atoms with E-state index < -0.39 is 0 Å². The number of rotatable bonds is 3. The molecule has 0 unspecified atom stereocenters. The second-order valence-electron chi connectivity index (χ2n) is 9.70. The van der Waals surface area contributed by atoms with Gasteiger partial charge in [-0.15, -0.1) is 0 Å². The average Bonchev–Trinajstić information content (AvgIpc) is 3.49. The maximum Gasteiger partial charge on any atom is 0.0542 e. The Morgan fingerprint density at radius 3 is 1.74 bits per heavy atom. The quantitative estimate of drug-likeness (QED) is 0.238. The third-order valence-corrected chi connectivity index (χ3v) is 7.64. The van der Waals surface area contributed by atoms with Gasteiger partial charge in [-0.1, -0.05) is 91.0 Å². The van der Waals surface area contributed by atoms with Crippen LogP contribution in [0.3, 0.4) is 0 Å². The highest BCUT2D eigenvalue weighted by molar-refractivity contribution is 6.09. The van der Waals surface area contributed by atoms with Crippen molar-refractivity contribution in [3.8, 4) is 22.5 Å². The molecule has 38 heavy (non-hydrogen) atoms. The second kappa shape index (κ2) is 8.93. The summed E-state index contributed by atoms with van der Waals surface area (Å²) in [4.78, 5) is 0. The number of nitrogens with zero attached hydrogens (tertiary/aromatic N) is 2. The number of hydrogen-bond donors (Lipinski definition) is 0. The lowest BCUT2D eigenvalue weighted by atomic mass is 10.1. The van der Waals surface area contributed by atoms with E-state index in [-0.39, 0.29) is 0 Å². The van der Waals surface area contributed by atoms with Gasteiger partial charge in [0.1, 0.15) is 0 Å². The van der Waals surface area contributed by atoms with Gasteiger partial charge in [0, 0.05) is 38.1 Å². The topological polar surface area (TPSA) is 9.86 Å². The van der Waals surface area contributed by atoms with Crippen LogP contribution in [0.4, 0.5) is 0 Å². The highest BCUT2D eigenvalue weighted by Crippen LogP contribution is 2.32. The van der Waals surface area contributed by atoms with Crippen LogP contribution >= 0.6 is 0 Å². The zero-order chi connectivity index (χ0) is 25.6. The summed E-state index contributed by atoms with van der Waals surface area (Å²) in [5.41, 5.74) is 8.46. The van der Waals surface area contributed by atoms with Crippen LogP contribution < -0.4 is 10.6 Å². The van der Waals surface area contributed by atoms with Gasteiger partial charge in [-0.2, -0.15) is 0 Å². The zero-order valence-corrected chi connectivity index (χ0v) is 21.6. The molecule has 0 N–H and O–H groups in total. The second-order valence-corrected chi connectivity index (χ2v) is 9.70. The van der Waals surface area contributed by atoms with Crippen molar-refractivity contribution < 1.29 is 0 Å². The summed E-state index contributed by atoms with van der Waals surface area (Å²) in [6, 6.07) is 43.7. The van der Waals surface area contributed by atoms with E-state index >= 15 is 0 Å². The minimum absolute atomic E-state index is 1.17. The number of fused-ring (bicyclic) bond motifs is 4. The van der Waals surface area contributed by atoms with Gasteiger partial charge < -0.3 is 9.13 Å². The largest absolute Gasteiger partial charge is 0.310 e. The van der Waals surface area contributed by atoms with Crippen LogP contribution in [0.25, 0.3) is 67.4 Å². The first-order chi connectivity index (χ1) is 18.8. The summed E-state index contributed by atoms with van der Waals surface area (Å²) >= 11 is 0. The van der Waals surface area contributed by atoms with Crippen molar-refractivity contribution >= 4 is 44.9 Å². The van der Waals surface area contributed by atoms with E-state index in [4.69, 9.17) is 0 Å². The number of hydrogen-bond acceptors (Lipinski definition) is 0. The Morgan fingerprint density at radius 1 is 0.447 bits per heavy atom. The molecule has 0 bridgehead atoms. The monoisotopic (exact) mass is 488 g/mol. The molecule has 0 atom stereocenters. The maximum absolute atomic E-state index is 2.40. The Balaban J connectivity index is 1.51. The Bertz CT molecular complexity index is 2040. The summed E-state index contributed by atoms with van der Waals surface area (Å²) < 4.78 is 4.79. The molecule has 7 rings (SSSR count). The minimum atomic E-state index is 1.17. The van der Waals surface area contributed by atoms with Crippen molar-refractivity contribution in [3.63, 3.8) is 0 Å². The lowest BCUT2D eigenvalue weighted by molar-refractivity contribution is 1.07. The fourth-order valence-corrected chi connectivity index (χ4v) is 5.98. The van der Waals surface area contributed by atoms with Crippen LogP contribution in [-0.4, -0.2) is 9.13 Å². The standard InChI is InChI=1S/C36H28N2/c1-3-29-32-24-28(38-34-19-10-8-17-30(34)31-18-9-11-20-35(31)38)21-22-36(32)37(33(29)4-2)27-16-12-15-26(23-27)25-13-6-5-7-14-25/h3-24H,1-2H3/b29-3-,33-4+. The Hall–Kier alpha value is -4.82. The Morgan fingerprint density at radius 2 is 1.05 bits per heavy atom. The van der Waals surface area contributed by atoms with Crippen molar-refractivity contribution in [3.05, 3.63) is 132 Å². The van der Waals surface area contributed by atoms with E-state index in [1.807, 2.05) is 0 Å². The van der Waals surface area contributed by atoms with Crippen LogP contribution in [-0.2, 0) is 0 Å².